The molecule has 13 nitrogen and oxygen atoms in total. The van der Waals surface area contributed by atoms with Crippen LogP contribution >= 0.6 is 7.82 Å². The minimum atomic E-state index is -5.13. The highest BCUT2D eigenvalue weighted by atomic mass is 31.2. The molecule has 1 rings (SSSR count). The number of allylic oxidation sites excluding steroid dienone is 8. The molecular weight excluding hydrogens is 779 g/mol. The highest BCUT2D eigenvalue weighted by molar-refractivity contribution is 7.47. The molecule has 59 heavy (non-hydrogen) atoms. The minimum absolute atomic E-state index is 0.0672. The smallest absolute Gasteiger partial charge is 0.462 e. The number of hydrogen-bond acceptors (Lipinski definition) is 12. The van der Waals surface area contributed by atoms with Gasteiger partial charge in [0.1, 0.15) is 43.2 Å². The fraction of sp³-hybridized carbons (Fsp3) is 0.778. The van der Waals surface area contributed by atoms with Gasteiger partial charge in [0.05, 0.1) is 6.61 Å². The van der Waals surface area contributed by atoms with Gasteiger partial charge in [-0.1, -0.05) is 127 Å². The van der Waals surface area contributed by atoms with Gasteiger partial charge in [0.25, 0.3) is 0 Å². The number of hydrogen-bond donors (Lipinski definition) is 6. The van der Waals surface area contributed by atoms with E-state index in [0.717, 1.165) is 57.8 Å². The lowest BCUT2D eigenvalue weighted by atomic mass is 9.85. The number of esters is 2. The number of aliphatic hydroxyl groups is 5. The maximum atomic E-state index is 12.8. The third kappa shape index (κ3) is 28.1. The maximum absolute atomic E-state index is 12.8. The first kappa shape index (κ1) is 54.8. The number of ether oxygens (including phenoxy) is 2. The molecule has 0 aliphatic heterocycles. The van der Waals surface area contributed by atoms with Crippen LogP contribution in [0.25, 0.3) is 0 Å². The van der Waals surface area contributed by atoms with E-state index in [0.29, 0.717) is 12.8 Å². The molecule has 1 aliphatic carbocycles. The summed E-state index contributed by atoms with van der Waals surface area (Å²) in [5.41, 5.74) is 0. The number of phosphoric ester groups is 1. The van der Waals surface area contributed by atoms with Crippen molar-refractivity contribution in [2.24, 2.45) is 0 Å². The second kappa shape index (κ2) is 35.4. The molecule has 14 heteroatoms. The first-order valence-corrected chi connectivity index (χ1v) is 23.9. The molecule has 0 aromatic heterocycles. The molecule has 6 N–H and O–H groups in total. The van der Waals surface area contributed by atoms with Crippen molar-refractivity contribution in [2.75, 3.05) is 13.2 Å². The van der Waals surface area contributed by atoms with Crippen LogP contribution < -0.4 is 0 Å². The summed E-state index contributed by atoms with van der Waals surface area (Å²) in [5.74, 6) is -1.16. The Balaban J connectivity index is 2.52. The minimum Gasteiger partial charge on any atom is -0.462 e. The zero-order valence-corrected chi connectivity index (χ0v) is 36.9. The van der Waals surface area contributed by atoms with Gasteiger partial charge in [-0.25, -0.2) is 4.57 Å². The van der Waals surface area contributed by atoms with Gasteiger partial charge in [0.2, 0.25) is 0 Å². The van der Waals surface area contributed by atoms with Gasteiger partial charge in [0, 0.05) is 12.8 Å². The van der Waals surface area contributed by atoms with Crippen molar-refractivity contribution in [3.63, 3.8) is 0 Å². The average molecular weight is 859 g/mol. The highest BCUT2D eigenvalue weighted by Gasteiger charge is 2.51. The highest BCUT2D eigenvalue weighted by Crippen LogP contribution is 2.47. The zero-order chi connectivity index (χ0) is 43.6. The molecule has 0 radical (unpaired) electrons. The molecule has 6 unspecified atom stereocenters. The van der Waals surface area contributed by atoms with E-state index in [2.05, 4.69) is 62.5 Å². The van der Waals surface area contributed by atoms with Gasteiger partial charge in [0.15, 0.2) is 6.10 Å². The summed E-state index contributed by atoms with van der Waals surface area (Å²) in [7, 11) is -5.13. The lowest BCUT2D eigenvalue weighted by Gasteiger charge is -2.41. The Labute approximate surface area is 354 Å². The van der Waals surface area contributed by atoms with Crippen molar-refractivity contribution in [1.82, 2.24) is 0 Å². The fourth-order valence-corrected chi connectivity index (χ4v) is 7.44. The standard InChI is InChI=1S/C45H79O13P/c1-3-5-7-9-11-13-15-17-19-21-23-25-27-29-31-33-38(46)55-35-37(36-56-59(53,54)58-45-43(51)41(49)40(48)42(50)44(45)52)57-39(47)34-32-30-28-26-24-22-20-18-16-14-12-10-8-6-4-2/h11,13,17,19,22-25,37,40-45,48-52H,3-10,12,14-16,18,20-21,26-36H2,1-2H3,(H,53,54)/b13-11+,19-17+,24-22+,25-23+/t37-,40?,41-,42?,43?,44?,45?/m1/s1. The van der Waals surface area contributed by atoms with Crippen molar-refractivity contribution >= 4 is 19.8 Å². The van der Waals surface area contributed by atoms with E-state index in [-0.39, 0.29) is 12.8 Å². The predicted octanol–water partition coefficient (Wildman–Crippen LogP) is 8.39. The Kier molecular flexibility index (Phi) is 32.9. The average Bonchev–Trinajstić information content (AvgIpc) is 3.21. The number of rotatable bonds is 36. The molecule has 0 bridgehead atoms. The molecule has 0 heterocycles. The molecule has 8 atom stereocenters. The van der Waals surface area contributed by atoms with E-state index in [1.54, 1.807) is 0 Å². The van der Waals surface area contributed by atoms with Gasteiger partial charge in [-0.3, -0.25) is 18.6 Å². The second-order valence-electron chi connectivity index (χ2n) is 15.5. The van der Waals surface area contributed by atoms with Gasteiger partial charge in [-0.05, 0) is 77.0 Å². The fourth-order valence-electron chi connectivity index (χ4n) is 6.46. The van der Waals surface area contributed by atoms with Crippen LogP contribution in [0.4, 0.5) is 0 Å². The van der Waals surface area contributed by atoms with Crippen molar-refractivity contribution in [3.8, 4) is 0 Å². The largest absolute Gasteiger partial charge is 0.472 e. The second-order valence-corrected chi connectivity index (χ2v) is 16.9. The van der Waals surface area contributed by atoms with E-state index in [4.69, 9.17) is 18.5 Å². The maximum Gasteiger partial charge on any atom is 0.472 e. The zero-order valence-electron chi connectivity index (χ0n) is 36.0. The van der Waals surface area contributed by atoms with Crippen LogP contribution in [0.1, 0.15) is 168 Å². The first-order chi connectivity index (χ1) is 28.4. The first-order valence-electron chi connectivity index (χ1n) is 22.4. The van der Waals surface area contributed by atoms with Crippen LogP contribution in [0.5, 0.6) is 0 Å². The van der Waals surface area contributed by atoms with E-state index in [9.17, 15) is 44.6 Å². The molecule has 1 saturated carbocycles. The summed E-state index contributed by atoms with van der Waals surface area (Å²) in [6.45, 7) is 3.21. The summed E-state index contributed by atoms with van der Waals surface area (Å²) in [6.07, 6.45) is 27.4. The van der Waals surface area contributed by atoms with Crippen LogP contribution in [-0.2, 0) is 32.7 Å². The van der Waals surface area contributed by atoms with Gasteiger partial charge in [-0.15, -0.1) is 0 Å². The number of carbonyl (C=O) groups is 2. The number of unbranched alkanes of at least 4 members (excludes halogenated alkanes) is 16. The Morgan fingerprint density at radius 1 is 0.525 bits per heavy atom. The Bertz CT molecular complexity index is 1220. The molecule has 0 amide bonds. The molecule has 0 saturated heterocycles. The Morgan fingerprint density at radius 3 is 1.47 bits per heavy atom. The number of phosphoric acid groups is 1. The molecule has 0 spiro atoms. The van der Waals surface area contributed by atoms with Crippen molar-refractivity contribution in [3.05, 3.63) is 48.6 Å². The van der Waals surface area contributed by atoms with E-state index in [1.165, 1.54) is 70.6 Å². The van der Waals surface area contributed by atoms with Crippen LogP contribution in [0.2, 0.25) is 0 Å². The monoisotopic (exact) mass is 859 g/mol. The molecular formula is C45H79O13P. The molecule has 0 aromatic rings. The molecule has 0 aromatic carbocycles. The Hall–Kier alpha value is -2.19. The van der Waals surface area contributed by atoms with Crippen molar-refractivity contribution in [1.29, 1.82) is 0 Å². The van der Waals surface area contributed by atoms with Crippen LogP contribution in [-0.4, -0.2) is 98.3 Å². The topological polar surface area (TPSA) is 210 Å². The Morgan fingerprint density at radius 2 is 0.915 bits per heavy atom. The van der Waals surface area contributed by atoms with Crippen molar-refractivity contribution in [2.45, 2.75) is 211 Å². The summed E-state index contributed by atoms with van der Waals surface area (Å²) in [5, 5.41) is 50.1. The van der Waals surface area contributed by atoms with E-state index < -0.39 is 75.7 Å². The van der Waals surface area contributed by atoms with E-state index in [1.807, 2.05) is 0 Å². The quantitative estimate of drug-likeness (QED) is 0.0152. The normalized spacial score (nSPS) is 22.8. The molecule has 1 fully saturated rings. The molecule has 1 aliphatic rings. The third-order valence-corrected chi connectivity index (χ3v) is 11.1. The lowest BCUT2D eigenvalue weighted by Crippen LogP contribution is -2.64. The third-order valence-electron chi connectivity index (χ3n) is 10.1. The summed E-state index contributed by atoms with van der Waals surface area (Å²) >= 11 is 0. The van der Waals surface area contributed by atoms with Gasteiger partial charge < -0.3 is 39.9 Å². The summed E-state index contributed by atoms with van der Waals surface area (Å²) in [4.78, 5) is 35.6. The van der Waals surface area contributed by atoms with Crippen molar-refractivity contribution < 1.29 is 63.1 Å². The van der Waals surface area contributed by atoms with Crippen LogP contribution in [0, 0.1) is 0 Å². The summed E-state index contributed by atoms with van der Waals surface area (Å²) in [6, 6.07) is 0. The number of carbonyl (C=O) groups excluding carboxylic acids is 2. The number of aliphatic hydroxyl groups excluding tert-OH is 5. The van der Waals surface area contributed by atoms with Crippen LogP contribution in [0.15, 0.2) is 48.6 Å². The van der Waals surface area contributed by atoms with E-state index >= 15 is 0 Å². The van der Waals surface area contributed by atoms with Gasteiger partial charge in [-0.2, -0.15) is 0 Å². The summed E-state index contributed by atoms with van der Waals surface area (Å²) < 4.78 is 33.4. The SMILES string of the molecule is CCCCC/C=C/C/C=C/C/C=C/CCCCC(=O)OC[C@H](COP(=O)(O)OC1C(O)C(O)C(O)[C@@H](O)C1O)OC(=O)CCCCC/C=C/CCCCCCCCCC. The van der Waals surface area contributed by atoms with Crippen LogP contribution in [0.3, 0.4) is 0 Å². The molecule has 342 valence electrons. The lowest BCUT2D eigenvalue weighted by molar-refractivity contribution is -0.220. The van der Waals surface area contributed by atoms with Gasteiger partial charge >= 0.3 is 19.8 Å². The predicted molar refractivity (Wildman–Crippen MR) is 230 cm³/mol.